The second-order valence-electron chi connectivity index (χ2n) is 7.10. The molecule has 0 saturated heterocycles. The summed E-state index contributed by atoms with van der Waals surface area (Å²) >= 11 is 1.89. The predicted octanol–water partition coefficient (Wildman–Crippen LogP) is 5.51. The van der Waals surface area contributed by atoms with Crippen LogP contribution < -0.4 is 5.32 Å². The van der Waals surface area contributed by atoms with E-state index in [1.54, 1.807) is 0 Å². The maximum Gasteiger partial charge on any atom is 0.129 e. The van der Waals surface area contributed by atoms with Crippen molar-refractivity contribution in [2.75, 3.05) is 6.54 Å². The van der Waals surface area contributed by atoms with Gasteiger partial charge in [0.05, 0.1) is 12.1 Å². The molecule has 128 valence electrons. The van der Waals surface area contributed by atoms with Crippen LogP contribution in [0.4, 0.5) is 0 Å². The predicted molar refractivity (Wildman–Crippen MR) is 111 cm³/mol. The first-order valence-electron chi connectivity index (χ1n) is 8.64. The van der Waals surface area contributed by atoms with E-state index in [9.17, 15) is 0 Å². The molecule has 4 rings (SSSR count). The van der Waals surface area contributed by atoms with Crippen LogP contribution in [0.3, 0.4) is 0 Å². The maximum absolute atomic E-state index is 4.72. The van der Waals surface area contributed by atoms with Crippen LogP contribution in [0.2, 0.25) is 0 Å². The number of benzene rings is 3. The van der Waals surface area contributed by atoms with E-state index in [0.29, 0.717) is 0 Å². The third-order valence-corrected chi connectivity index (χ3v) is 5.62. The molecule has 1 N–H and O–H groups in total. The summed E-state index contributed by atoms with van der Waals surface area (Å²) in [6.07, 6.45) is 0. The lowest BCUT2D eigenvalue weighted by Gasteiger charge is -2.19. The second-order valence-corrected chi connectivity index (χ2v) is 8.11. The molecule has 1 aliphatic rings. The van der Waals surface area contributed by atoms with Gasteiger partial charge in [0.1, 0.15) is 5.84 Å². The number of fused-ring (bicyclic) bond motifs is 1. The van der Waals surface area contributed by atoms with Crippen LogP contribution in [0.5, 0.6) is 0 Å². The Balaban J connectivity index is 0.00000196. The van der Waals surface area contributed by atoms with Gasteiger partial charge in [0, 0.05) is 17.6 Å². The summed E-state index contributed by atoms with van der Waals surface area (Å²) < 4.78 is 0. The Bertz CT molecular complexity index is 944. The number of hydrogen-bond donors (Lipinski definition) is 1. The third kappa shape index (κ3) is 3.42. The van der Waals surface area contributed by atoms with Gasteiger partial charge in [-0.25, -0.2) is 0 Å². The minimum atomic E-state index is 0. The van der Waals surface area contributed by atoms with Gasteiger partial charge in [-0.2, -0.15) is 0 Å². The lowest BCUT2D eigenvalue weighted by atomic mass is 10.1. The molecule has 0 unspecified atom stereocenters. The third-order valence-electron chi connectivity index (χ3n) is 4.49. The van der Waals surface area contributed by atoms with E-state index in [1.165, 1.54) is 26.8 Å². The van der Waals surface area contributed by atoms with E-state index in [-0.39, 0.29) is 6.97 Å². The van der Waals surface area contributed by atoms with Crippen LogP contribution in [0.1, 0.15) is 26.4 Å². The van der Waals surface area contributed by atoms with Gasteiger partial charge >= 0.3 is 0 Å². The number of nitrogens with zero attached hydrogens (tertiary/aromatic N) is 1. The Hall–Kier alpha value is -2.26. The number of rotatable bonds is 4. The molecule has 3 heteroatoms. The SMILES string of the molecule is CC1(C)CN=C(c2ccccc2CSc2cccc3ccccc23)N1.[HH]. The van der Waals surface area contributed by atoms with E-state index in [2.05, 4.69) is 85.9 Å². The molecular formula is C22H24N2S. The summed E-state index contributed by atoms with van der Waals surface area (Å²) in [4.78, 5) is 6.05. The van der Waals surface area contributed by atoms with Crippen molar-refractivity contribution in [1.82, 2.24) is 5.32 Å². The highest BCUT2D eigenvalue weighted by atomic mass is 32.2. The molecule has 0 saturated carbocycles. The van der Waals surface area contributed by atoms with Gasteiger partial charge in [-0.1, -0.05) is 60.7 Å². The second kappa shape index (κ2) is 6.57. The summed E-state index contributed by atoms with van der Waals surface area (Å²) in [6, 6.07) is 23.7. The molecule has 0 aromatic heterocycles. The molecule has 0 radical (unpaired) electrons. The number of aliphatic imine (C=N–C) groups is 1. The Kier molecular flexibility index (Phi) is 4.26. The van der Waals surface area contributed by atoms with Crippen LogP contribution in [0.25, 0.3) is 10.8 Å². The van der Waals surface area contributed by atoms with Crippen molar-refractivity contribution in [3.05, 3.63) is 77.9 Å². The number of nitrogens with one attached hydrogen (secondary N) is 1. The molecule has 2 nitrogen and oxygen atoms in total. The highest BCUT2D eigenvalue weighted by Crippen LogP contribution is 2.31. The molecule has 25 heavy (non-hydrogen) atoms. The van der Waals surface area contributed by atoms with Crippen LogP contribution in [0.15, 0.2) is 76.6 Å². The zero-order valence-corrected chi connectivity index (χ0v) is 15.4. The topological polar surface area (TPSA) is 24.4 Å². The van der Waals surface area contributed by atoms with Crippen molar-refractivity contribution in [3.8, 4) is 0 Å². The quantitative estimate of drug-likeness (QED) is 0.629. The molecule has 0 amide bonds. The monoisotopic (exact) mass is 348 g/mol. The van der Waals surface area contributed by atoms with Crippen molar-refractivity contribution >= 4 is 28.4 Å². The number of thioether (sulfide) groups is 1. The minimum Gasteiger partial charge on any atom is -0.363 e. The normalized spacial score (nSPS) is 15.8. The molecule has 1 heterocycles. The van der Waals surface area contributed by atoms with E-state index < -0.39 is 0 Å². The highest BCUT2D eigenvalue weighted by molar-refractivity contribution is 7.98. The Labute approximate surface area is 154 Å². The number of hydrogen-bond acceptors (Lipinski definition) is 3. The van der Waals surface area contributed by atoms with Crippen molar-refractivity contribution in [3.63, 3.8) is 0 Å². The van der Waals surface area contributed by atoms with Gasteiger partial charge < -0.3 is 5.32 Å². The van der Waals surface area contributed by atoms with E-state index >= 15 is 0 Å². The van der Waals surface area contributed by atoms with Gasteiger partial charge in [-0.15, -0.1) is 11.8 Å². The van der Waals surface area contributed by atoms with Gasteiger partial charge in [-0.05, 0) is 36.2 Å². The Morgan fingerprint density at radius 3 is 2.60 bits per heavy atom. The lowest BCUT2D eigenvalue weighted by molar-refractivity contribution is 0.506. The first-order valence-corrected chi connectivity index (χ1v) is 9.62. The van der Waals surface area contributed by atoms with Gasteiger partial charge in [-0.3, -0.25) is 4.99 Å². The first-order chi connectivity index (χ1) is 12.1. The van der Waals surface area contributed by atoms with E-state index in [1.807, 2.05) is 11.8 Å². The van der Waals surface area contributed by atoms with Crippen LogP contribution in [-0.2, 0) is 5.75 Å². The van der Waals surface area contributed by atoms with E-state index in [0.717, 1.165) is 18.1 Å². The fourth-order valence-corrected chi connectivity index (χ4v) is 4.26. The smallest absolute Gasteiger partial charge is 0.129 e. The van der Waals surface area contributed by atoms with Crippen molar-refractivity contribution in [1.29, 1.82) is 0 Å². The minimum absolute atomic E-state index is 0. The molecule has 0 bridgehead atoms. The molecular weight excluding hydrogens is 324 g/mol. The summed E-state index contributed by atoms with van der Waals surface area (Å²) in [6.45, 7) is 5.21. The zero-order valence-electron chi connectivity index (χ0n) is 14.6. The van der Waals surface area contributed by atoms with Gasteiger partial charge in [0.2, 0.25) is 0 Å². The summed E-state index contributed by atoms with van der Waals surface area (Å²) in [5.41, 5.74) is 2.59. The summed E-state index contributed by atoms with van der Waals surface area (Å²) in [5, 5.41) is 6.18. The van der Waals surface area contributed by atoms with Crippen molar-refractivity contribution in [2.24, 2.45) is 4.99 Å². The van der Waals surface area contributed by atoms with Crippen molar-refractivity contribution in [2.45, 2.75) is 30.0 Å². The standard InChI is InChI=1S/C22H22N2S.H2/c1-22(2)15-23-21(24-22)19-12-6-4-9-17(19)14-25-20-13-7-10-16-8-3-5-11-18(16)20;/h3-13H,14-15H2,1-2H3,(H,23,24);1H. The highest BCUT2D eigenvalue weighted by Gasteiger charge is 2.26. The van der Waals surface area contributed by atoms with Crippen LogP contribution in [0, 0.1) is 0 Å². The Morgan fingerprint density at radius 1 is 1.00 bits per heavy atom. The van der Waals surface area contributed by atoms with Crippen LogP contribution >= 0.6 is 11.8 Å². The Morgan fingerprint density at radius 2 is 1.76 bits per heavy atom. The largest absolute Gasteiger partial charge is 0.363 e. The van der Waals surface area contributed by atoms with Gasteiger partial charge in [0.15, 0.2) is 0 Å². The summed E-state index contributed by atoms with van der Waals surface area (Å²) in [7, 11) is 0. The molecule has 0 atom stereocenters. The van der Waals surface area contributed by atoms with Gasteiger partial charge in [0.25, 0.3) is 0 Å². The average molecular weight is 349 g/mol. The molecule has 3 aromatic rings. The average Bonchev–Trinajstić information content (AvgIpc) is 3.00. The molecule has 0 fully saturated rings. The molecule has 3 aromatic carbocycles. The maximum atomic E-state index is 4.72. The van der Waals surface area contributed by atoms with E-state index in [4.69, 9.17) is 4.99 Å². The molecule has 0 aliphatic carbocycles. The zero-order chi connectivity index (χ0) is 17.3. The summed E-state index contributed by atoms with van der Waals surface area (Å²) in [5.74, 6) is 1.96. The fourth-order valence-electron chi connectivity index (χ4n) is 3.18. The number of amidine groups is 1. The fraction of sp³-hybridized carbons (Fsp3) is 0.227. The first kappa shape index (κ1) is 16.2. The lowest BCUT2D eigenvalue weighted by Crippen LogP contribution is -2.40. The van der Waals surface area contributed by atoms with Crippen LogP contribution in [-0.4, -0.2) is 17.9 Å². The molecule has 1 aliphatic heterocycles. The van der Waals surface area contributed by atoms with Crippen molar-refractivity contribution < 1.29 is 1.43 Å². The molecule has 0 spiro atoms.